The molecule has 3 aliphatic rings. The van der Waals surface area contributed by atoms with Gasteiger partial charge in [-0.05, 0) is 59.1 Å². The third-order valence-electron chi connectivity index (χ3n) is 7.29. The van der Waals surface area contributed by atoms with E-state index in [2.05, 4.69) is 31.1 Å². The first-order valence-electron chi connectivity index (χ1n) is 10.6. The van der Waals surface area contributed by atoms with Gasteiger partial charge in [-0.3, -0.25) is 4.98 Å². The topological polar surface area (TPSA) is 85.8 Å². The highest BCUT2D eigenvalue weighted by atomic mass is 16.4. The lowest BCUT2D eigenvalue weighted by atomic mass is 9.44. The molecule has 0 bridgehead atoms. The van der Waals surface area contributed by atoms with Gasteiger partial charge >= 0.3 is 12.1 Å². The minimum Gasteiger partial charge on any atom is -0.465 e. The molecular formula is C22H32N4O3. The Hall–Kier alpha value is -2.31. The Kier molecular flexibility index (Phi) is 4.95. The van der Waals surface area contributed by atoms with Gasteiger partial charge in [0, 0.05) is 45.1 Å². The third kappa shape index (κ3) is 3.67. The molecule has 29 heavy (non-hydrogen) atoms. The highest BCUT2D eigenvalue weighted by Crippen LogP contribution is 2.63. The van der Waals surface area contributed by atoms with Crippen LogP contribution < -0.4 is 5.32 Å². The molecule has 2 N–H and O–H groups in total. The van der Waals surface area contributed by atoms with E-state index in [-0.39, 0.29) is 16.9 Å². The van der Waals surface area contributed by atoms with E-state index in [1.54, 1.807) is 11.1 Å². The van der Waals surface area contributed by atoms with Gasteiger partial charge in [-0.1, -0.05) is 20.8 Å². The molecule has 2 atom stereocenters. The Balaban J connectivity index is 1.35. The highest BCUT2D eigenvalue weighted by Gasteiger charge is 2.58. The van der Waals surface area contributed by atoms with Gasteiger partial charge in [0.15, 0.2) is 0 Å². The van der Waals surface area contributed by atoms with Gasteiger partial charge in [-0.15, -0.1) is 0 Å². The molecule has 7 nitrogen and oxygen atoms in total. The fourth-order valence-electron chi connectivity index (χ4n) is 6.27. The number of piperidine rings is 1. The molecule has 0 aromatic carbocycles. The molecule has 1 spiro atoms. The van der Waals surface area contributed by atoms with Crippen LogP contribution in [0.1, 0.15) is 51.2 Å². The summed E-state index contributed by atoms with van der Waals surface area (Å²) in [5.41, 5.74) is 2.66. The standard InChI is InChI=1S/C22H32N4O3/c1-21(2,3)18-16(10-22(18)5-8-25(9-6-22)20(28)29)12-24-19(27)26-13-15-4-7-23-11-17(15)14-26/h4,7,11,16,18H,5-6,8-10,12-14H2,1-3H3,(H,24,27)(H,28,29). The number of hydrogen-bond acceptors (Lipinski definition) is 3. The van der Waals surface area contributed by atoms with Crippen LogP contribution in [0.15, 0.2) is 18.5 Å². The largest absolute Gasteiger partial charge is 0.465 e. The fraction of sp³-hybridized carbons (Fsp3) is 0.682. The van der Waals surface area contributed by atoms with E-state index in [4.69, 9.17) is 0 Å². The Bertz CT molecular complexity index is 770. The summed E-state index contributed by atoms with van der Waals surface area (Å²) in [6.45, 7) is 10.0. The van der Waals surface area contributed by atoms with Crippen LogP contribution in [0.5, 0.6) is 0 Å². The smallest absolute Gasteiger partial charge is 0.407 e. The molecule has 1 saturated carbocycles. The molecule has 1 aromatic heterocycles. The van der Waals surface area contributed by atoms with E-state index < -0.39 is 6.09 Å². The molecule has 2 unspecified atom stereocenters. The van der Waals surface area contributed by atoms with Crippen molar-refractivity contribution in [2.24, 2.45) is 22.7 Å². The molecule has 1 saturated heterocycles. The first-order valence-corrected chi connectivity index (χ1v) is 10.6. The highest BCUT2D eigenvalue weighted by molar-refractivity contribution is 5.75. The van der Waals surface area contributed by atoms with Gasteiger partial charge in [0.05, 0.1) is 0 Å². The zero-order valence-corrected chi connectivity index (χ0v) is 17.6. The zero-order chi connectivity index (χ0) is 20.8. The van der Waals surface area contributed by atoms with Crippen molar-refractivity contribution in [2.45, 2.75) is 53.1 Å². The van der Waals surface area contributed by atoms with Crippen LogP contribution in [0.3, 0.4) is 0 Å². The number of carbonyl (C=O) groups excluding carboxylic acids is 1. The van der Waals surface area contributed by atoms with Crippen molar-refractivity contribution in [3.05, 3.63) is 29.6 Å². The van der Waals surface area contributed by atoms with Crippen LogP contribution in [0.4, 0.5) is 9.59 Å². The molecule has 158 valence electrons. The lowest BCUT2D eigenvalue weighted by Crippen LogP contribution is -2.61. The van der Waals surface area contributed by atoms with Crippen LogP contribution in [-0.4, -0.2) is 51.6 Å². The average molecular weight is 401 g/mol. The van der Waals surface area contributed by atoms with Gasteiger partial charge in [0.1, 0.15) is 0 Å². The van der Waals surface area contributed by atoms with Gasteiger partial charge in [0.2, 0.25) is 0 Å². The summed E-state index contributed by atoms with van der Waals surface area (Å²) >= 11 is 0. The lowest BCUT2D eigenvalue weighted by molar-refractivity contribution is -0.134. The van der Waals surface area contributed by atoms with E-state index >= 15 is 0 Å². The number of nitrogens with zero attached hydrogens (tertiary/aromatic N) is 3. The summed E-state index contributed by atoms with van der Waals surface area (Å²) in [7, 11) is 0. The zero-order valence-electron chi connectivity index (χ0n) is 17.6. The Labute approximate surface area is 172 Å². The van der Waals surface area contributed by atoms with Crippen molar-refractivity contribution in [2.75, 3.05) is 19.6 Å². The summed E-state index contributed by atoms with van der Waals surface area (Å²) in [5, 5.41) is 12.4. The molecule has 3 heterocycles. The van der Waals surface area contributed by atoms with E-state index in [0.717, 1.165) is 24.8 Å². The summed E-state index contributed by atoms with van der Waals surface area (Å²) < 4.78 is 0. The van der Waals surface area contributed by atoms with Crippen LogP contribution in [0.2, 0.25) is 0 Å². The molecule has 2 fully saturated rings. The van der Waals surface area contributed by atoms with E-state index in [9.17, 15) is 14.7 Å². The number of likely N-dealkylation sites (tertiary alicyclic amines) is 1. The fourth-order valence-corrected chi connectivity index (χ4v) is 6.27. The number of aromatic nitrogens is 1. The quantitative estimate of drug-likeness (QED) is 0.795. The van der Waals surface area contributed by atoms with Gasteiger partial charge in [-0.2, -0.15) is 0 Å². The SMILES string of the molecule is CC(C)(C)C1C(CNC(=O)N2Cc3ccncc3C2)CC12CCN(C(=O)O)CC2. The number of fused-ring (bicyclic) bond motifs is 1. The second kappa shape index (κ2) is 7.18. The van der Waals surface area contributed by atoms with Gasteiger partial charge in [0.25, 0.3) is 0 Å². The predicted octanol–water partition coefficient (Wildman–Crippen LogP) is 3.55. The number of carboxylic acid groups (broad SMARTS) is 1. The Morgan fingerprint density at radius 1 is 1.21 bits per heavy atom. The third-order valence-corrected chi connectivity index (χ3v) is 7.29. The summed E-state index contributed by atoms with van der Waals surface area (Å²) in [6, 6.07) is 1.98. The maximum atomic E-state index is 12.7. The molecule has 3 amide bonds. The summed E-state index contributed by atoms with van der Waals surface area (Å²) in [4.78, 5) is 31.5. The van der Waals surface area contributed by atoms with E-state index in [1.807, 2.05) is 17.2 Å². The molecule has 1 aliphatic carbocycles. The van der Waals surface area contributed by atoms with Crippen LogP contribution in [0, 0.1) is 22.7 Å². The second-order valence-corrected chi connectivity index (χ2v) is 10.1. The van der Waals surface area contributed by atoms with Crippen molar-refractivity contribution in [1.82, 2.24) is 20.1 Å². The van der Waals surface area contributed by atoms with Crippen LogP contribution in [0.25, 0.3) is 0 Å². The maximum Gasteiger partial charge on any atom is 0.407 e. The molecule has 7 heteroatoms. The van der Waals surface area contributed by atoms with Gasteiger partial charge < -0.3 is 20.2 Å². The number of urea groups is 1. The minimum atomic E-state index is -0.808. The van der Waals surface area contributed by atoms with E-state index in [0.29, 0.717) is 44.6 Å². The Morgan fingerprint density at radius 3 is 2.52 bits per heavy atom. The number of pyridine rings is 1. The van der Waals surface area contributed by atoms with Crippen LogP contribution in [-0.2, 0) is 13.1 Å². The van der Waals surface area contributed by atoms with Crippen molar-refractivity contribution < 1.29 is 14.7 Å². The number of nitrogens with one attached hydrogen (secondary N) is 1. The van der Waals surface area contributed by atoms with Crippen molar-refractivity contribution in [1.29, 1.82) is 0 Å². The van der Waals surface area contributed by atoms with E-state index in [1.165, 1.54) is 5.56 Å². The molecule has 4 rings (SSSR count). The molecule has 2 aliphatic heterocycles. The van der Waals surface area contributed by atoms with Crippen LogP contribution >= 0.6 is 0 Å². The second-order valence-electron chi connectivity index (χ2n) is 10.1. The normalized spacial score (nSPS) is 25.5. The summed E-state index contributed by atoms with van der Waals surface area (Å²) in [5.74, 6) is 0.938. The van der Waals surface area contributed by atoms with Crippen molar-refractivity contribution in [3.63, 3.8) is 0 Å². The molecule has 1 aromatic rings. The maximum absolute atomic E-state index is 12.7. The lowest BCUT2D eigenvalue weighted by Gasteiger charge is -2.63. The molecular weight excluding hydrogens is 368 g/mol. The number of amides is 3. The first kappa shape index (κ1) is 20.0. The van der Waals surface area contributed by atoms with Gasteiger partial charge in [-0.25, -0.2) is 9.59 Å². The van der Waals surface area contributed by atoms with Crippen molar-refractivity contribution in [3.8, 4) is 0 Å². The summed E-state index contributed by atoms with van der Waals surface area (Å²) in [6.07, 6.45) is 5.75. The average Bonchev–Trinajstić information content (AvgIpc) is 3.08. The first-order chi connectivity index (χ1) is 13.7. The number of hydrogen-bond donors (Lipinski definition) is 2. The predicted molar refractivity (Wildman–Crippen MR) is 109 cm³/mol. The number of carbonyl (C=O) groups is 2. The number of rotatable bonds is 2. The van der Waals surface area contributed by atoms with Crippen molar-refractivity contribution >= 4 is 12.1 Å². The molecule has 0 radical (unpaired) electrons. The monoisotopic (exact) mass is 400 g/mol. The Morgan fingerprint density at radius 2 is 1.90 bits per heavy atom. The minimum absolute atomic E-state index is 0.00416.